The van der Waals surface area contributed by atoms with Gasteiger partial charge in [0.1, 0.15) is 11.5 Å². The van der Waals surface area contributed by atoms with E-state index >= 15 is 0 Å². The van der Waals surface area contributed by atoms with Gasteiger partial charge in [-0.2, -0.15) is 4.57 Å². The summed E-state index contributed by atoms with van der Waals surface area (Å²) in [6.07, 6.45) is 8.62. The first-order valence-electron chi connectivity index (χ1n) is 12.0. The Kier molecular flexibility index (Phi) is 7.00. The average molecular weight is 506 g/mol. The van der Waals surface area contributed by atoms with Gasteiger partial charge in [-0.15, -0.1) is 0 Å². The maximum Gasteiger partial charge on any atom is 0.231 e. The molecule has 186 valence electrons. The number of ether oxygens (including phenoxy) is 4. The second-order valence-corrected chi connectivity index (χ2v) is 8.78. The van der Waals surface area contributed by atoms with E-state index in [0.29, 0.717) is 13.4 Å². The van der Waals surface area contributed by atoms with Gasteiger partial charge in [-0.3, -0.25) is 4.98 Å². The Labute approximate surface area is 216 Å². The second kappa shape index (κ2) is 10.5. The normalized spacial score (nSPS) is 12.9. The van der Waals surface area contributed by atoms with E-state index in [2.05, 4.69) is 45.3 Å². The van der Waals surface area contributed by atoms with Crippen molar-refractivity contribution in [1.29, 1.82) is 0 Å². The monoisotopic (exact) mass is 505 g/mol. The molecular weight excluding hydrogens is 478 g/mol. The molecule has 0 fully saturated rings. The molecule has 0 amide bonds. The van der Waals surface area contributed by atoms with Gasteiger partial charge in [-0.25, -0.2) is 0 Å². The van der Waals surface area contributed by atoms with Gasteiger partial charge in [0.05, 0.1) is 36.6 Å². The maximum absolute atomic E-state index is 5.76. The van der Waals surface area contributed by atoms with E-state index in [1.54, 1.807) is 19.5 Å². The number of nitrogens with zero attached hydrogens (tertiary/aromatic N) is 2. The zero-order valence-corrected chi connectivity index (χ0v) is 20.9. The number of nitrogens with one attached hydrogen (secondary N) is 1. The molecule has 4 aromatic rings. The van der Waals surface area contributed by atoms with E-state index in [1.807, 2.05) is 18.2 Å². The Bertz CT molecular complexity index is 1380. The topological polar surface area (TPSA) is 65.7 Å². The molecule has 2 aliphatic rings. The number of aryl methyl sites for hydroxylation is 2. The third-order valence-corrected chi connectivity index (χ3v) is 6.62. The summed E-state index contributed by atoms with van der Waals surface area (Å²) in [7, 11) is 1.72. The lowest BCUT2D eigenvalue weighted by Crippen LogP contribution is -3.00. The summed E-state index contributed by atoms with van der Waals surface area (Å²) in [5.41, 5.74) is 4.74. The van der Waals surface area contributed by atoms with Crippen LogP contribution < -0.4 is 41.2 Å². The molecule has 0 bridgehead atoms. The van der Waals surface area contributed by atoms with E-state index in [-0.39, 0.29) is 12.4 Å². The largest absolute Gasteiger partial charge is 1.00 e. The number of fused-ring (bicyclic) bond motifs is 5. The number of hydrogen-bond acceptors (Lipinski definition) is 6. The smallest absolute Gasteiger partial charge is 0.231 e. The zero-order chi connectivity index (χ0) is 23.6. The van der Waals surface area contributed by atoms with Crippen molar-refractivity contribution in [2.24, 2.45) is 0 Å². The van der Waals surface area contributed by atoms with Crippen LogP contribution in [-0.4, -0.2) is 32.0 Å². The third kappa shape index (κ3) is 4.58. The lowest BCUT2D eigenvalue weighted by molar-refractivity contribution is -0.686. The Morgan fingerprint density at radius 3 is 2.81 bits per heavy atom. The minimum Gasteiger partial charge on any atom is -1.00 e. The average Bonchev–Trinajstić information content (AvgIpc) is 3.36. The highest BCUT2D eigenvalue weighted by Crippen LogP contribution is 2.41. The molecule has 0 saturated carbocycles. The fourth-order valence-electron chi connectivity index (χ4n) is 4.84. The van der Waals surface area contributed by atoms with E-state index in [0.717, 1.165) is 66.4 Å². The van der Waals surface area contributed by atoms with Crippen molar-refractivity contribution in [2.75, 3.05) is 32.4 Å². The van der Waals surface area contributed by atoms with Crippen molar-refractivity contribution >= 4 is 16.5 Å². The number of pyridine rings is 2. The summed E-state index contributed by atoms with van der Waals surface area (Å²) in [6.45, 7) is 2.71. The predicted octanol–water partition coefficient (Wildman–Crippen LogP) is 1.76. The van der Waals surface area contributed by atoms with Crippen LogP contribution in [0.15, 0.2) is 61.1 Å². The summed E-state index contributed by atoms with van der Waals surface area (Å²) in [4.78, 5) is 4.08. The van der Waals surface area contributed by atoms with Crippen molar-refractivity contribution in [2.45, 2.75) is 25.8 Å². The Balaban J connectivity index is 0.00000267. The van der Waals surface area contributed by atoms with Crippen molar-refractivity contribution < 1.29 is 35.9 Å². The lowest BCUT2D eigenvalue weighted by atomic mass is 9.95. The number of hydrogen-bond donors (Lipinski definition) is 1. The molecule has 1 N–H and O–H groups in total. The molecule has 2 aliphatic heterocycles. The van der Waals surface area contributed by atoms with Crippen molar-refractivity contribution in [1.82, 2.24) is 4.98 Å². The molecule has 0 aliphatic carbocycles. The van der Waals surface area contributed by atoms with Crippen molar-refractivity contribution in [3.8, 4) is 34.3 Å². The van der Waals surface area contributed by atoms with Crippen molar-refractivity contribution in [3.05, 3.63) is 66.6 Å². The zero-order valence-electron chi connectivity index (χ0n) is 20.1. The number of aromatic nitrogens is 2. The summed E-state index contributed by atoms with van der Waals surface area (Å²) < 4.78 is 25.0. The lowest BCUT2D eigenvalue weighted by Gasteiger charge is -2.18. The standard InChI is InChI=1S/C28H27N3O4.ClH/c1-32-25-7-6-19-13-24-22-15-27-26(34-18-35-27)14-20(22)8-11-31(24)17-23(19)28(25)30-10-2-3-12-33-21-5-4-9-29-16-21;/h4-7,9,13-17H,2-3,8,10-12,18H2,1H3;1H. The third-order valence-electron chi connectivity index (χ3n) is 6.62. The first-order valence-corrected chi connectivity index (χ1v) is 12.0. The maximum atomic E-state index is 5.76. The van der Waals surface area contributed by atoms with Crippen LogP contribution in [0.2, 0.25) is 0 Å². The van der Waals surface area contributed by atoms with E-state index in [9.17, 15) is 0 Å². The van der Waals surface area contributed by atoms with Crippen LogP contribution in [0, 0.1) is 0 Å². The van der Waals surface area contributed by atoms with Gasteiger partial charge in [0.25, 0.3) is 0 Å². The first kappa shape index (κ1) is 24.0. The van der Waals surface area contributed by atoms with E-state index in [1.165, 1.54) is 22.2 Å². The number of rotatable bonds is 8. The Morgan fingerprint density at radius 2 is 1.97 bits per heavy atom. The second-order valence-electron chi connectivity index (χ2n) is 8.78. The SMILES string of the molecule is COc1ccc2cc3[n+](cc2c1NCCCCOc1cccnc1)CCc1cc2c(cc1-3)OCO2.[Cl-]. The molecule has 0 radical (unpaired) electrons. The number of methoxy groups -OCH3 is 1. The Hall–Kier alpha value is -3.71. The fraction of sp³-hybridized carbons (Fsp3) is 0.286. The highest BCUT2D eigenvalue weighted by Gasteiger charge is 2.28. The molecule has 0 atom stereocenters. The highest BCUT2D eigenvalue weighted by molar-refractivity contribution is 5.97. The van der Waals surface area contributed by atoms with Crippen LogP contribution in [0.4, 0.5) is 5.69 Å². The molecule has 0 unspecified atom stereocenters. The fourth-order valence-corrected chi connectivity index (χ4v) is 4.84. The quantitative estimate of drug-likeness (QED) is 0.291. The molecule has 8 heteroatoms. The first-order chi connectivity index (χ1) is 17.3. The molecule has 6 rings (SSSR count). The van der Waals surface area contributed by atoms with Gasteiger partial charge >= 0.3 is 0 Å². The molecule has 0 saturated heterocycles. The van der Waals surface area contributed by atoms with Crippen LogP contribution in [0.3, 0.4) is 0 Å². The minimum atomic E-state index is 0. The van der Waals surface area contributed by atoms with Gasteiger partial charge in [0, 0.05) is 25.2 Å². The predicted molar refractivity (Wildman–Crippen MR) is 133 cm³/mol. The van der Waals surface area contributed by atoms with Gasteiger partial charge in [-0.1, -0.05) is 6.07 Å². The van der Waals surface area contributed by atoms with Gasteiger partial charge in [-0.05, 0) is 54.1 Å². The number of benzene rings is 2. The number of halogens is 1. The van der Waals surface area contributed by atoms with E-state index in [4.69, 9.17) is 18.9 Å². The molecule has 0 spiro atoms. The van der Waals surface area contributed by atoms with Crippen LogP contribution in [0.1, 0.15) is 18.4 Å². The molecule has 36 heavy (non-hydrogen) atoms. The highest BCUT2D eigenvalue weighted by atomic mass is 35.5. The summed E-state index contributed by atoms with van der Waals surface area (Å²) >= 11 is 0. The molecule has 4 heterocycles. The minimum absolute atomic E-state index is 0. The van der Waals surface area contributed by atoms with Crippen molar-refractivity contribution in [3.63, 3.8) is 0 Å². The molecule has 2 aromatic heterocycles. The Morgan fingerprint density at radius 1 is 1.08 bits per heavy atom. The van der Waals surface area contributed by atoms with Crippen LogP contribution in [-0.2, 0) is 13.0 Å². The van der Waals surface area contributed by atoms with Gasteiger partial charge < -0.3 is 36.7 Å². The van der Waals surface area contributed by atoms with Gasteiger partial charge in [0.2, 0.25) is 12.5 Å². The number of unbranched alkanes of at least 4 members (excludes halogenated alkanes) is 1. The molecule has 7 nitrogen and oxygen atoms in total. The van der Waals surface area contributed by atoms with Crippen LogP contribution in [0.25, 0.3) is 22.0 Å². The van der Waals surface area contributed by atoms with E-state index < -0.39 is 0 Å². The van der Waals surface area contributed by atoms with Crippen LogP contribution in [0.5, 0.6) is 23.0 Å². The summed E-state index contributed by atoms with van der Waals surface area (Å²) in [6, 6.07) is 14.5. The van der Waals surface area contributed by atoms with Gasteiger partial charge in [0.15, 0.2) is 24.2 Å². The summed E-state index contributed by atoms with van der Waals surface area (Å²) in [5.74, 6) is 3.33. The molecular formula is C28H28ClN3O4. The summed E-state index contributed by atoms with van der Waals surface area (Å²) in [5, 5.41) is 5.95. The molecule has 2 aromatic carbocycles. The van der Waals surface area contributed by atoms with Crippen LogP contribution >= 0.6 is 0 Å². The number of anilines is 1.